The second-order valence-corrected chi connectivity index (χ2v) is 7.05. The molecule has 0 bridgehead atoms. The summed E-state index contributed by atoms with van der Waals surface area (Å²) in [5.41, 5.74) is 2.34. The van der Waals surface area contributed by atoms with Gasteiger partial charge in [-0.15, -0.1) is 11.8 Å². The zero-order valence-electron chi connectivity index (χ0n) is 14.9. The first-order valence-corrected chi connectivity index (χ1v) is 9.73. The molecule has 1 aliphatic rings. The molecule has 26 heavy (non-hydrogen) atoms. The number of rotatable bonds is 5. The molecule has 1 heterocycles. The number of thioether (sulfide) groups is 1. The fraction of sp³-hybridized carbons (Fsp3) is 0.300. The van der Waals surface area contributed by atoms with E-state index in [1.54, 1.807) is 40.9 Å². The third kappa shape index (κ3) is 4.02. The van der Waals surface area contributed by atoms with Crippen LogP contribution < -0.4 is 10.1 Å². The van der Waals surface area contributed by atoms with Crippen molar-refractivity contribution in [2.24, 2.45) is 0 Å². The minimum atomic E-state index is -0.473. The predicted molar refractivity (Wildman–Crippen MR) is 105 cm³/mol. The smallest absolute Gasteiger partial charge is 0.255 e. The summed E-state index contributed by atoms with van der Waals surface area (Å²) in [6, 6.07) is 14.2. The third-order valence-corrected chi connectivity index (χ3v) is 5.27. The van der Waals surface area contributed by atoms with Gasteiger partial charge in [-0.05, 0) is 49.7 Å². The minimum Gasteiger partial charge on any atom is -0.494 e. The Labute approximate surface area is 157 Å². The van der Waals surface area contributed by atoms with Crippen LogP contribution in [0.3, 0.4) is 0 Å². The summed E-state index contributed by atoms with van der Waals surface area (Å²) in [6.45, 7) is 4.44. The maximum atomic E-state index is 12.8. The van der Waals surface area contributed by atoms with Crippen molar-refractivity contribution in [3.05, 3.63) is 59.7 Å². The lowest BCUT2D eigenvalue weighted by Crippen LogP contribution is -2.44. The van der Waals surface area contributed by atoms with Crippen molar-refractivity contribution >= 4 is 29.3 Å². The van der Waals surface area contributed by atoms with Crippen molar-refractivity contribution in [3.8, 4) is 5.75 Å². The maximum Gasteiger partial charge on any atom is 0.255 e. The van der Waals surface area contributed by atoms with Gasteiger partial charge in [0.05, 0.1) is 12.5 Å². The number of amides is 2. The van der Waals surface area contributed by atoms with Gasteiger partial charge < -0.3 is 15.0 Å². The molecule has 136 valence electrons. The predicted octanol–water partition coefficient (Wildman–Crippen LogP) is 3.55. The van der Waals surface area contributed by atoms with Gasteiger partial charge in [0.15, 0.2) is 0 Å². The molecule has 0 saturated carbocycles. The van der Waals surface area contributed by atoms with Gasteiger partial charge in [0, 0.05) is 17.0 Å². The second-order valence-electron chi connectivity index (χ2n) is 6.05. The number of hydrogen-bond donors (Lipinski definition) is 1. The van der Waals surface area contributed by atoms with E-state index in [1.165, 1.54) is 0 Å². The molecule has 0 aromatic heterocycles. The molecule has 3 rings (SSSR count). The van der Waals surface area contributed by atoms with Crippen LogP contribution in [0, 0.1) is 6.92 Å². The van der Waals surface area contributed by atoms with Crippen molar-refractivity contribution in [3.63, 3.8) is 0 Å². The molecule has 0 radical (unpaired) electrons. The van der Waals surface area contributed by atoms with Crippen LogP contribution in [0.4, 0.5) is 5.69 Å². The molecule has 1 atom stereocenters. The van der Waals surface area contributed by atoms with Crippen molar-refractivity contribution in [2.45, 2.75) is 19.9 Å². The Morgan fingerprint density at radius 2 is 1.92 bits per heavy atom. The van der Waals surface area contributed by atoms with Crippen LogP contribution in [0.25, 0.3) is 0 Å². The van der Waals surface area contributed by atoms with Gasteiger partial charge >= 0.3 is 0 Å². The van der Waals surface area contributed by atoms with Gasteiger partial charge in [-0.2, -0.15) is 0 Å². The number of nitrogens with zero attached hydrogens (tertiary/aromatic N) is 1. The van der Waals surface area contributed by atoms with Gasteiger partial charge in [0.25, 0.3) is 5.91 Å². The Hall–Kier alpha value is -2.47. The molecule has 1 saturated heterocycles. The Kier molecular flexibility index (Phi) is 5.83. The summed E-state index contributed by atoms with van der Waals surface area (Å²) in [6.07, 6.45) is 0. The number of nitrogens with one attached hydrogen (secondary N) is 1. The summed E-state index contributed by atoms with van der Waals surface area (Å²) in [5.74, 6) is 1.55. The fourth-order valence-corrected chi connectivity index (χ4v) is 3.97. The number of hydrogen-bond acceptors (Lipinski definition) is 4. The molecule has 2 aromatic rings. The van der Waals surface area contributed by atoms with Crippen LogP contribution in [-0.2, 0) is 4.79 Å². The lowest BCUT2D eigenvalue weighted by Gasteiger charge is -2.23. The number of anilines is 1. The van der Waals surface area contributed by atoms with Crippen molar-refractivity contribution in [2.75, 3.05) is 23.6 Å². The number of ether oxygens (including phenoxy) is 1. The second kappa shape index (κ2) is 8.27. The van der Waals surface area contributed by atoms with Gasteiger partial charge in [0.2, 0.25) is 5.91 Å². The van der Waals surface area contributed by atoms with Gasteiger partial charge in [0.1, 0.15) is 11.8 Å². The van der Waals surface area contributed by atoms with E-state index in [0.717, 1.165) is 17.0 Å². The van der Waals surface area contributed by atoms with E-state index in [0.29, 0.717) is 23.8 Å². The van der Waals surface area contributed by atoms with Crippen LogP contribution in [0.15, 0.2) is 48.5 Å². The first kappa shape index (κ1) is 18.3. The first-order chi connectivity index (χ1) is 12.6. The highest BCUT2D eigenvalue weighted by Crippen LogP contribution is 2.25. The fourth-order valence-electron chi connectivity index (χ4n) is 2.82. The largest absolute Gasteiger partial charge is 0.494 e. The minimum absolute atomic E-state index is 0.136. The Balaban J connectivity index is 1.71. The Morgan fingerprint density at radius 1 is 1.19 bits per heavy atom. The van der Waals surface area contributed by atoms with Crippen LogP contribution in [0.5, 0.6) is 5.75 Å². The zero-order chi connectivity index (χ0) is 18.5. The lowest BCUT2D eigenvalue weighted by atomic mass is 10.1. The van der Waals surface area contributed by atoms with Crippen molar-refractivity contribution in [1.82, 2.24) is 4.90 Å². The average Bonchev–Trinajstić information content (AvgIpc) is 3.14. The molecule has 2 amide bonds. The Morgan fingerprint density at radius 3 is 2.62 bits per heavy atom. The molecule has 1 aliphatic heterocycles. The van der Waals surface area contributed by atoms with E-state index < -0.39 is 6.04 Å². The Bertz CT molecular complexity index is 792. The highest BCUT2D eigenvalue weighted by atomic mass is 32.2. The molecule has 0 unspecified atom stereocenters. The van der Waals surface area contributed by atoms with Gasteiger partial charge in [-0.1, -0.05) is 18.2 Å². The number of benzene rings is 2. The third-order valence-electron chi connectivity index (χ3n) is 4.26. The number of carbonyl (C=O) groups excluding carboxylic acids is 2. The van der Waals surface area contributed by atoms with Crippen LogP contribution in [0.2, 0.25) is 0 Å². The monoisotopic (exact) mass is 370 g/mol. The van der Waals surface area contributed by atoms with Crippen LogP contribution in [-0.4, -0.2) is 41.0 Å². The normalized spacial score (nSPS) is 16.4. The molecule has 0 spiro atoms. The zero-order valence-corrected chi connectivity index (χ0v) is 15.7. The topological polar surface area (TPSA) is 58.6 Å². The standard InChI is InChI=1S/C20H22N2O3S/c1-3-25-16-10-8-15(9-11-16)20(24)22-13-26-12-18(22)19(23)21-17-7-5-4-6-14(17)2/h4-11,18H,3,12-13H2,1-2H3,(H,21,23)/t18-/m0/s1. The molecule has 1 N–H and O–H groups in total. The van der Waals surface area contributed by atoms with Gasteiger partial charge in [-0.3, -0.25) is 9.59 Å². The highest BCUT2D eigenvalue weighted by Gasteiger charge is 2.35. The summed E-state index contributed by atoms with van der Waals surface area (Å²) < 4.78 is 5.41. The molecule has 1 fully saturated rings. The van der Waals surface area contributed by atoms with Crippen LogP contribution in [0.1, 0.15) is 22.8 Å². The molecule has 0 aliphatic carbocycles. The number of para-hydroxylation sites is 1. The van der Waals surface area contributed by atoms with Crippen LogP contribution >= 0.6 is 11.8 Å². The summed E-state index contributed by atoms with van der Waals surface area (Å²) >= 11 is 1.59. The SMILES string of the molecule is CCOc1ccc(C(=O)N2CSC[C@H]2C(=O)Nc2ccccc2C)cc1. The maximum absolute atomic E-state index is 12.8. The number of aryl methyl sites for hydroxylation is 1. The summed E-state index contributed by atoms with van der Waals surface area (Å²) in [4.78, 5) is 27.2. The number of carbonyl (C=O) groups is 2. The van der Waals surface area contributed by atoms with E-state index in [4.69, 9.17) is 4.74 Å². The first-order valence-electron chi connectivity index (χ1n) is 8.58. The van der Waals surface area contributed by atoms with E-state index >= 15 is 0 Å². The van der Waals surface area contributed by atoms with E-state index in [1.807, 2.05) is 38.1 Å². The van der Waals surface area contributed by atoms with Gasteiger partial charge in [-0.25, -0.2) is 0 Å². The highest BCUT2D eigenvalue weighted by molar-refractivity contribution is 7.99. The van der Waals surface area contributed by atoms with Crippen molar-refractivity contribution in [1.29, 1.82) is 0 Å². The molecule has 5 nitrogen and oxygen atoms in total. The van der Waals surface area contributed by atoms with Crippen molar-refractivity contribution < 1.29 is 14.3 Å². The molecular weight excluding hydrogens is 348 g/mol. The lowest BCUT2D eigenvalue weighted by molar-refractivity contribution is -0.119. The summed E-state index contributed by atoms with van der Waals surface area (Å²) in [7, 11) is 0. The quantitative estimate of drug-likeness (QED) is 0.874. The van der Waals surface area contributed by atoms with E-state index in [9.17, 15) is 9.59 Å². The molecular formula is C20H22N2O3S. The van der Waals surface area contributed by atoms with E-state index in [2.05, 4.69) is 5.32 Å². The average molecular weight is 370 g/mol. The van der Waals surface area contributed by atoms with E-state index in [-0.39, 0.29) is 11.8 Å². The molecule has 6 heteroatoms. The summed E-state index contributed by atoms with van der Waals surface area (Å²) in [5, 5.41) is 2.95. The molecule has 2 aromatic carbocycles.